The monoisotopic (exact) mass is 408 g/mol. The van der Waals surface area contributed by atoms with Crippen molar-refractivity contribution in [1.29, 1.82) is 0 Å². The highest BCUT2D eigenvalue weighted by Crippen LogP contribution is 2.30. The number of sulfone groups is 1. The summed E-state index contributed by atoms with van der Waals surface area (Å²) in [6.07, 6.45) is 5.56. The Morgan fingerprint density at radius 2 is 1.68 bits per heavy atom. The molecule has 2 aliphatic heterocycles. The molecule has 1 aromatic rings. The first-order valence-corrected chi connectivity index (χ1v) is 11.0. The average molecular weight is 408 g/mol. The van der Waals surface area contributed by atoms with Gasteiger partial charge in [0.05, 0.1) is 10.6 Å². The van der Waals surface area contributed by atoms with Crippen molar-refractivity contribution in [3.05, 3.63) is 30.0 Å². The van der Waals surface area contributed by atoms with Crippen molar-refractivity contribution in [1.82, 2.24) is 0 Å². The maximum Gasteiger partial charge on any atom is 0.350 e. The Morgan fingerprint density at radius 1 is 1.07 bits per heavy atom. The lowest BCUT2D eigenvalue weighted by molar-refractivity contribution is -0.222. The number of hydrogen-bond acceptors (Lipinski definition) is 8. The first-order valence-electron chi connectivity index (χ1n) is 9.09. The maximum absolute atomic E-state index is 12.1. The van der Waals surface area contributed by atoms with Gasteiger partial charge < -0.3 is 19.7 Å². The number of anilines is 2. The van der Waals surface area contributed by atoms with Crippen LogP contribution in [0.5, 0.6) is 0 Å². The van der Waals surface area contributed by atoms with Gasteiger partial charge in [0.25, 0.3) is 5.79 Å². The van der Waals surface area contributed by atoms with Gasteiger partial charge in [-0.3, -0.25) is 0 Å². The second kappa shape index (κ2) is 7.46. The van der Waals surface area contributed by atoms with Crippen molar-refractivity contribution in [3.63, 3.8) is 0 Å². The van der Waals surface area contributed by atoms with E-state index in [0.29, 0.717) is 0 Å². The third-order valence-corrected chi connectivity index (χ3v) is 5.73. The summed E-state index contributed by atoms with van der Waals surface area (Å²) in [6.45, 7) is 4.70. The molecule has 2 aliphatic rings. The van der Waals surface area contributed by atoms with Gasteiger partial charge in [-0.15, -0.1) is 0 Å². The number of nitrogens with zero attached hydrogens (tertiary/aromatic N) is 1. The van der Waals surface area contributed by atoms with Crippen molar-refractivity contribution in [2.75, 3.05) is 29.6 Å². The topological polar surface area (TPSA) is 102 Å². The molecule has 1 aromatic carbocycles. The SMILES string of the molecule is CC1(C)OC(=O)C(=CNc2cc(N3CCCCC3)ccc2S(C)(=O)=O)C(=O)O1. The molecule has 0 amide bonds. The fourth-order valence-corrected chi connectivity index (χ4v) is 4.06. The zero-order valence-electron chi connectivity index (χ0n) is 16.1. The molecule has 0 aliphatic carbocycles. The number of piperidine rings is 1. The van der Waals surface area contributed by atoms with Crippen LogP contribution < -0.4 is 10.2 Å². The molecule has 2 heterocycles. The molecule has 0 spiro atoms. The van der Waals surface area contributed by atoms with E-state index in [1.54, 1.807) is 12.1 Å². The smallest absolute Gasteiger partial charge is 0.350 e. The van der Waals surface area contributed by atoms with Gasteiger partial charge in [0, 0.05) is 45.1 Å². The van der Waals surface area contributed by atoms with Gasteiger partial charge in [-0.2, -0.15) is 0 Å². The Labute approximate surface area is 164 Å². The highest BCUT2D eigenvalue weighted by atomic mass is 32.2. The molecular formula is C19H24N2O6S. The fraction of sp³-hybridized carbons (Fsp3) is 0.474. The average Bonchev–Trinajstić information content (AvgIpc) is 2.59. The lowest BCUT2D eigenvalue weighted by Gasteiger charge is -2.30. The van der Waals surface area contributed by atoms with Crippen LogP contribution in [0.1, 0.15) is 33.1 Å². The molecule has 0 radical (unpaired) electrons. The van der Waals surface area contributed by atoms with E-state index in [1.165, 1.54) is 26.3 Å². The number of cyclic esters (lactones) is 2. The van der Waals surface area contributed by atoms with E-state index in [9.17, 15) is 18.0 Å². The molecule has 0 saturated carbocycles. The van der Waals surface area contributed by atoms with Crippen molar-refractivity contribution in [2.45, 2.75) is 43.8 Å². The van der Waals surface area contributed by atoms with E-state index in [1.807, 2.05) is 0 Å². The molecule has 28 heavy (non-hydrogen) atoms. The maximum atomic E-state index is 12.1. The summed E-state index contributed by atoms with van der Waals surface area (Å²) >= 11 is 0. The molecule has 8 nitrogen and oxygen atoms in total. The van der Waals surface area contributed by atoms with Gasteiger partial charge >= 0.3 is 11.9 Å². The molecule has 1 N–H and O–H groups in total. The number of ether oxygens (including phenoxy) is 2. The van der Waals surface area contributed by atoms with Crippen molar-refractivity contribution in [3.8, 4) is 0 Å². The minimum Gasteiger partial charge on any atom is -0.419 e. The number of esters is 2. The molecule has 0 aromatic heterocycles. The van der Waals surface area contributed by atoms with E-state index in [0.717, 1.165) is 44.1 Å². The lowest BCUT2D eigenvalue weighted by Crippen LogP contribution is -2.42. The Hall–Kier alpha value is -2.55. The van der Waals surface area contributed by atoms with Crippen LogP contribution in [-0.2, 0) is 28.9 Å². The van der Waals surface area contributed by atoms with Gasteiger partial charge in [0.1, 0.15) is 0 Å². The summed E-state index contributed by atoms with van der Waals surface area (Å²) in [5.41, 5.74) is 0.827. The standard InChI is InChI=1S/C19H24N2O6S/c1-19(2)26-17(22)14(18(23)27-19)12-20-15-11-13(21-9-5-4-6-10-21)7-8-16(15)28(3,24)25/h7-8,11-12,20H,4-6,9-10H2,1-3H3. The van der Waals surface area contributed by atoms with Crippen LogP contribution >= 0.6 is 0 Å². The highest BCUT2D eigenvalue weighted by Gasteiger charge is 2.39. The molecule has 0 bridgehead atoms. The van der Waals surface area contributed by atoms with Crippen LogP contribution in [0.25, 0.3) is 0 Å². The number of hydrogen-bond donors (Lipinski definition) is 1. The first kappa shape index (κ1) is 20.2. The van der Waals surface area contributed by atoms with Gasteiger partial charge in [-0.1, -0.05) is 0 Å². The number of carbonyl (C=O) groups is 2. The highest BCUT2D eigenvalue weighted by molar-refractivity contribution is 7.90. The minimum absolute atomic E-state index is 0.0722. The summed E-state index contributed by atoms with van der Waals surface area (Å²) in [7, 11) is -3.52. The fourth-order valence-electron chi connectivity index (χ4n) is 3.23. The van der Waals surface area contributed by atoms with Crippen LogP contribution in [0.15, 0.2) is 34.9 Å². The number of rotatable bonds is 4. The molecule has 2 fully saturated rings. The Balaban J connectivity index is 1.93. The van der Waals surface area contributed by atoms with Crippen molar-refractivity contribution in [2.24, 2.45) is 0 Å². The molecular weight excluding hydrogens is 384 g/mol. The van der Waals surface area contributed by atoms with Crippen LogP contribution in [-0.4, -0.2) is 45.5 Å². The van der Waals surface area contributed by atoms with E-state index in [-0.39, 0.29) is 16.2 Å². The lowest BCUT2D eigenvalue weighted by atomic mass is 10.1. The Morgan fingerprint density at radius 3 is 2.25 bits per heavy atom. The Kier molecular flexibility index (Phi) is 5.38. The zero-order valence-corrected chi connectivity index (χ0v) is 17.0. The third-order valence-electron chi connectivity index (χ3n) is 4.57. The van der Waals surface area contributed by atoms with Crippen molar-refractivity contribution < 1.29 is 27.5 Å². The largest absolute Gasteiger partial charge is 0.419 e. The van der Waals surface area contributed by atoms with E-state index in [2.05, 4.69) is 10.2 Å². The Bertz CT molecular complexity index is 908. The molecule has 0 unspecified atom stereocenters. The van der Waals surface area contributed by atoms with Crippen molar-refractivity contribution >= 4 is 33.2 Å². The zero-order chi connectivity index (χ0) is 20.5. The number of nitrogens with one attached hydrogen (secondary N) is 1. The normalized spacial score (nSPS) is 19.7. The van der Waals surface area contributed by atoms with Crippen LogP contribution in [0, 0.1) is 0 Å². The van der Waals surface area contributed by atoms with Gasteiger partial charge in [-0.05, 0) is 37.5 Å². The van der Waals surface area contributed by atoms with Gasteiger partial charge in [0.2, 0.25) is 0 Å². The van der Waals surface area contributed by atoms with E-state index >= 15 is 0 Å². The van der Waals surface area contributed by atoms with E-state index < -0.39 is 27.6 Å². The van der Waals surface area contributed by atoms with Gasteiger partial charge in [0.15, 0.2) is 15.4 Å². The van der Waals surface area contributed by atoms with Crippen LogP contribution in [0.2, 0.25) is 0 Å². The summed E-state index contributed by atoms with van der Waals surface area (Å²) in [5.74, 6) is -3.00. The number of carbonyl (C=O) groups excluding carboxylic acids is 2. The third kappa shape index (κ3) is 4.46. The molecule has 0 atom stereocenters. The van der Waals surface area contributed by atoms with Gasteiger partial charge in [-0.25, -0.2) is 18.0 Å². The predicted octanol–water partition coefficient (Wildman–Crippen LogP) is 2.21. The second-order valence-corrected chi connectivity index (χ2v) is 9.37. The summed E-state index contributed by atoms with van der Waals surface area (Å²) in [5, 5.41) is 2.79. The quantitative estimate of drug-likeness (QED) is 0.460. The van der Waals surface area contributed by atoms with Crippen LogP contribution in [0.4, 0.5) is 11.4 Å². The summed E-state index contributed by atoms with van der Waals surface area (Å²) in [4.78, 5) is 26.4. The van der Waals surface area contributed by atoms with Crippen LogP contribution in [0.3, 0.4) is 0 Å². The number of benzene rings is 1. The van der Waals surface area contributed by atoms with E-state index in [4.69, 9.17) is 9.47 Å². The second-order valence-electron chi connectivity index (χ2n) is 7.38. The molecule has 9 heteroatoms. The first-order chi connectivity index (χ1) is 13.1. The summed E-state index contributed by atoms with van der Waals surface area (Å²) in [6, 6.07) is 5.01. The minimum atomic E-state index is -3.52. The summed E-state index contributed by atoms with van der Waals surface area (Å²) < 4.78 is 34.4. The molecule has 2 saturated heterocycles. The molecule has 3 rings (SSSR count). The predicted molar refractivity (Wildman–Crippen MR) is 104 cm³/mol. The molecule has 152 valence electrons.